The first kappa shape index (κ1) is 13.0. The van der Waals surface area contributed by atoms with Gasteiger partial charge in [-0.25, -0.2) is 4.79 Å². The fourth-order valence-corrected chi connectivity index (χ4v) is 1.30. The van der Waals surface area contributed by atoms with Crippen LogP contribution >= 0.6 is 0 Å². The predicted molar refractivity (Wildman–Crippen MR) is 60.9 cm³/mol. The van der Waals surface area contributed by atoms with E-state index in [0.29, 0.717) is 0 Å². The molecule has 0 fully saturated rings. The minimum absolute atomic E-state index is 0.0260. The molecule has 0 saturated carbocycles. The molecule has 0 spiro atoms. The summed E-state index contributed by atoms with van der Waals surface area (Å²) in [5, 5.41) is 11.4. The van der Waals surface area contributed by atoms with Gasteiger partial charge >= 0.3 is 5.97 Å². The van der Waals surface area contributed by atoms with E-state index >= 15 is 0 Å². The number of nitrogens with zero attached hydrogens (tertiary/aromatic N) is 1. The Morgan fingerprint density at radius 3 is 2.59 bits per heavy atom. The van der Waals surface area contributed by atoms with Crippen LogP contribution in [-0.4, -0.2) is 27.6 Å². The summed E-state index contributed by atoms with van der Waals surface area (Å²) in [5.41, 5.74) is -0.434. The van der Waals surface area contributed by atoms with Crippen molar-refractivity contribution in [2.24, 2.45) is 0 Å². The number of amides is 1. The molecule has 0 bridgehead atoms. The van der Waals surface area contributed by atoms with E-state index in [1.54, 1.807) is 13.8 Å². The van der Waals surface area contributed by atoms with Crippen molar-refractivity contribution >= 4 is 11.9 Å². The highest BCUT2D eigenvalue weighted by molar-refractivity contribution is 5.87. The summed E-state index contributed by atoms with van der Waals surface area (Å²) in [6.45, 7) is 3.42. The van der Waals surface area contributed by atoms with Gasteiger partial charge in [0.1, 0.15) is 6.54 Å². The Bertz CT molecular complexity index is 490. The largest absolute Gasteiger partial charge is 0.478 e. The topological polar surface area (TPSA) is 88.4 Å². The number of carboxylic acids is 1. The zero-order valence-electron chi connectivity index (χ0n) is 9.64. The van der Waals surface area contributed by atoms with Crippen LogP contribution in [0.15, 0.2) is 23.1 Å². The lowest BCUT2D eigenvalue weighted by molar-refractivity contribution is -0.122. The molecule has 6 nitrogen and oxygen atoms in total. The van der Waals surface area contributed by atoms with E-state index in [0.717, 1.165) is 16.8 Å². The van der Waals surface area contributed by atoms with E-state index in [-0.39, 0.29) is 24.1 Å². The number of hydrogen-bond acceptors (Lipinski definition) is 3. The molecule has 6 heteroatoms. The summed E-state index contributed by atoms with van der Waals surface area (Å²) in [6, 6.07) is 2.31. The summed E-state index contributed by atoms with van der Waals surface area (Å²) in [7, 11) is 0. The highest BCUT2D eigenvalue weighted by atomic mass is 16.4. The van der Waals surface area contributed by atoms with Crippen LogP contribution in [0.1, 0.15) is 24.2 Å². The molecular weight excluding hydrogens is 224 g/mol. The number of rotatable bonds is 4. The van der Waals surface area contributed by atoms with Gasteiger partial charge in [0.25, 0.3) is 5.56 Å². The first-order valence-electron chi connectivity index (χ1n) is 5.13. The van der Waals surface area contributed by atoms with Gasteiger partial charge in [0, 0.05) is 18.3 Å². The molecule has 0 radical (unpaired) electrons. The summed E-state index contributed by atoms with van der Waals surface area (Å²) in [5.74, 6) is -1.47. The molecule has 2 N–H and O–H groups in total. The van der Waals surface area contributed by atoms with Gasteiger partial charge in [-0.05, 0) is 19.9 Å². The van der Waals surface area contributed by atoms with E-state index in [1.807, 2.05) is 0 Å². The molecule has 92 valence electrons. The molecule has 1 rings (SSSR count). The quantitative estimate of drug-likeness (QED) is 0.777. The van der Waals surface area contributed by atoms with Gasteiger partial charge in [-0.1, -0.05) is 0 Å². The van der Waals surface area contributed by atoms with Crippen molar-refractivity contribution in [3.8, 4) is 0 Å². The van der Waals surface area contributed by atoms with Gasteiger partial charge in [-0.2, -0.15) is 0 Å². The highest BCUT2D eigenvalue weighted by Gasteiger charge is 2.09. The van der Waals surface area contributed by atoms with Crippen LogP contribution in [0.4, 0.5) is 0 Å². The molecule has 1 amide bonds. The maximum Gasteiger partial charge on any atom is 0.337 e. The summed E-state index contributed by atoms with van der Waals surface area (Å²) < 4.78 is 1.07. The standard InChI is InChI=1S/C11H14N2O4/c1-7(2)12-9(14)6-13-5-8(11(16)17)3-4-10(13)15/h3-5,7H,6H2,1-2H3,(H,12,14)(H,16,17). The second-order valence-electron chi connectivity index (χ2n) is 3.91. The van der Waals surface area contributed by atoms with Gasteiger partial charge in [-0.3, -0.25) is 9.59 Å². The van der Waals surface area contributed by atoms with Gasteiger partial charge < -0.3 is 15.0 Å². The predicted octanol–water partition coefficient (Wildman–Crippen LogP) is 0.0711. The maximum absolute atomic E-state index is 11.4. The van der Waals surface area contributed by atoms with Gasteiger partial charge in [0.15, 0.2) is 0 Å². The lowest BCUT2D eigenvalue weighted by Gasteiger charge is -2.10. The van der Waals surface area contributed by atoms with Gasteiger partial charge in [-0.15, -0.1) is 0 Å². The molecule has 0 aliphatic heterocycles. The number of hydrogen-bond donors (Lipinski definition) is 2. The number of carbonyl (C=O) groups is 2. The Labute approximate surface area is 97.9 Å². The normalized spacial score (nSPS) is 10.3. The molecule has 1 heterocycles. The minimum atomic E-state index is -1.14. The number of aromatic nitrogens is 1. The van der Waals surface area contributed by atoms with Crippen LogP contribution in [-0.2, 0) is 11.3 Å². The average Bonchev–Trinajstić information content (AvgIpc) is 2.19. The SMILES string of the molecule is CC(C)NC(=O)Cn1cc(C(=O)O)ccc1=O. The Hall–Kier alpha value is -2.11. The van der Waals surface area contributed by atoms with E-state index < -0.39 is 11.5 Å². The highest BCUT2D eigenvalue weighted by Crippen LogP contribution is 1.95. The van der Waals surface area contributed by atoms with Crippen LogP contribution in [0.25, 0.3) is 0 Å². The number of nitrogens with one attached hydrogen (secondary N) is 1. The van der Waals surface area contributed by atoms with Crippen molar-refractivity contribution in [2.45, 2.75) is 26.4 Å². The van der Waals surface area contributed by atoms with Crippen LogP contribution in [0.5, 0.6) is 0 Å². The molecule has 1 aromatic rings. The third-order valence-electron chi connectivity index (χ3n) is 1.99. The molecule has 0 aliphatic carbocycles. The molecule has 0 atom stereocenters. The number of pyridine rings is 1. The Morgan fingerprint density at radius 2 is 2.06 bits per heavy atom. The average molecular weight is 238 g/mol. The Kier molecular flexibility index (Phi) is 4.03. The second kappa shape index (κ2) is 5.29. The van der Waals surface area contributed by atoms with Gasteiger partial charge in [0.05, 0.1) is 5.56 Å². The molecule has 1 aromatic heterocycles. The third-order valence-corrected chi connectivity index (χ3v) is 1.99. The van der Waals surface area contributed by atoms with Crippen molar-refractivity contribution in [2.75, 3.05) is 0 Å². The summed E-state index contributed by atoms with van der Waals surface area (Å²) in [6.07, 6.45) is 1.16. The first-order valence-corrected chi connectivity index (χ1v) is 5.13. The summed E-state index contributed by atoms with van der Waals surface area (Å²) >= 11 is 0. The van der Waals surface area contributed by atoms with Gasteiger partial charge in [0.2, 0.25) is 5.91 Å². The lowest BCUT2D eigenvalue weighted by atomic mass is 10.3. The lowest BCUT2D eigenvalue weighted by Crippen LogP contribution is -2.36. The molecule has 0 unspecified atom stereocenters. The van der Waals surface area contributed by atoms with Crippen molar-refractivity contribution in [1.29, 1.82) is 0 Å². The van der Waals surface area contributed by atoms with E-state index in [2.05, 4.69) is 5.32 Å². The minimum Gasteiger partial charge on any atom is -0.478 e. The van der Waals surface area contributed by atoms with Crippen molar-refractivity contribution < 1.29 is 14.7 Å². The fraction of sp³-hybridized carbons (Fsp3) is 0.364. The van der Waals surface area contributed by atoms with Crippen molar-refractivity contribution in [3.63, 3.8) is 0 Å². The zero-order valence-corrected chi connectivity index (χ0v) is 9.64. The van der Waals surface area contributed by atoms with Crippen LogP contribution in [0.3, 0.4) is 0 Å². The Balaban J connectivity index is 2.90. The molecule has 0 saturated heterocycles. The van der Waals surface area contributed by atoms with Crippen LogP contribution < -0.4 is 10.9 Å². The fourth-order valence-electron chi connectivity index (χ4n) is 1.30. The Morgan fingerprint density at radius 1 is 1.41 bits per heavy atom. The van der Waals surface area contributed by atoms with Crippen LogP contribution in [0.2, 0.25) is 0 Å². The monoisotopic (exact) mass is 238 g/mol. The summed E-state index contributed by atoms with van der Waals surface area (Å²) in [4.78, 5) is 33.6. The van der Waals surface area contributed by atoms with Crippen molar-refractivity contribution in [3.05, 3.63) is 34.2 Å². The maximum atomic E-state index is 11.4. The molecule has 17 heavy (non-hydrogen) atoms. The third kappa shape index (κ3) is 3.75. The first-order chi connectivity index (χ1) is 7.90. The molecular formula is C11H14N2O4. The zero-order chi connectivity index (χ0) is 13.0. The van der Waals surface area contributed by atoms with Crippen LogP contribution in [0, 0.1) is 0 Å². The van der Waals surface area contributed by atoms with E-state index in [9.17, 15) is 14.4 Å². The van der Waals surface area contributed by atoms with Crippen molar-refractivity contribution in [1.82, 2.24) is 9.88 Å². The van der Waals surface area contributed by atoms with E-state index in [4.69, 9.17) is 5.11 Å². The number of carboxylic acid groups (broad SMARTS) is 1. The smallest absolute Gasteiger partial charge is 0.337 e. The number of carbonyl (C=O) groups excluding carboxylic acids is 1. The molecule has 0 aliphatic rings. The number of aromatic carboxylic acids is 1. The second-order valence-corrected chi connectivity index (χ2v) is 3.91. The van der Waals surface area contributed by atoms with E-state index in [1.165, 1.54) is 6.07 Å². The molecule has 0 aromatic carbocycles.